The van der Waals surface area contributed by atoms with Crippen molar-refractivity contribution in [3.63, 3.8) is 0 Å². The predicted molar refractivity (Wildman–Crippen MR) is 76.5 cm³/mol. The fourth-order valence-corrected chi connectivity index (χ4v) is 2.94. The molecule has 2 N–H and O–H groups in total. The van der Waals surface area contributed by atoms with E-state index in [4.69, 9.17) is 0 Å². The fraction of sp³-hybridized carbons (Fsp3) is 0.286. The first kappa shape index (κ1) is 12.3. The molecule has 0 fully saturated rings. The van der Waals surface area contributed by atoms with E-state index in [0.717, 1.165) is 23.7 Å². The van der Waals surface area contributed by atoms with Gasteiger partial charge < -0.3 is 5.32 Å². The molecular weight excluding hydrogens is 258 g/mol. The number of anilines is 1. The Bertz CT molecular complexity index is 629. The summed E-state index contributed by atoms with van der Waals surface area (Å²) in [6, 6.07) is 5.84. The Morgan fingerprint density at radius 2 is 2.11 bits per heavy atom. The van der Waals surface area contributed by atoms with Crippen LogP contribution >= 0.6 is 11.3 Å². The van der Waals surface area contributed by atoms with Crippen LogP contribution in [-0.4, -0.2) is 10.9 Å². The van der Waals surface area contributed by atoms with E-state index < -0.39 is 0 Å². The minimum Gasteiger partial charge on any atom is -0.309 e. The number of amides is 1. The number of aryl methyl sites for hydroxylation is 2. The van der Waals surface area contributed by atoms with Crippen molar-refractivity contribution in [3.05, 3.63) is 45.5 Å². The molecule has 0 saturated heterocycles. The van der Waals surface area contributed by atoms with Crippen LogP contribution in [-0.2, 0) is 13.1 Å². The molecule has 2 aromatic rings. The van der Waals surface area contributed by atoms with E-state index >= 15 is 0 Å². The van der Waals surface area contributed by atoms with Gasteiger partial charge in [-0.3, -0.25) is 10.1 Å². The summed E-state index contributed by atoms with van der Waals surface area (Å²) in [5, 5.41) is 6.80. The molecule has 0 spiro atoms. The van der Waals surface area contributed by atoms with Crippen molar-refractivity contribution in [1.29, 1.82) is 0 Å². The number of nitrogens with one attached hydrogen (secondary N) is 2. The van der Waals surface area contributed by atoms with Gasteiger partial charge in [0.15, 0.2) is 5.13 Å². The maximum Gasteiger partial charge on any atom is 0.257 e. The average Bonchev–Trinajstić information content (AvgIpc) is 2.96. The van der Waals surface area contributed by atoms with Crippen LogP contribution in [0.25, 0.3) is 0 Å². The van der Waals surface area contributed by atoms with Gasteiger partial charge in [0.1, 0.15) is 0 Å². The van der Waals surface area contributed by atoms with Gasteiger partial charge >= 0.3 is 0 Å². The summed E-state index contributed by atoms with van der Waals surface area (Å²) in [6.07, 6.45) is 0. The summed E-state index contributed by atoms with van der Waals surface area (Å²) >= 11 is 1.51. The summed E-state index contributed by atoms with van der Waals surface area (Å²) in [4.78, 5) is 17.6. The third kappa shape index (κ3) is 2.39. The number of fused-ring (bicyclic) bond motifs is 1. The molecule has 1 aromatic heterocycles. The fourth-order valence-electron chi connectivity index (χ4n) is 2.13. The molecule has 0 unspecified atom stereocenters. The van der Waals surface area contributed by atoms with Crippen molar-refractivity contribution in [2.24, 2.45) is 0 Å². The molecular formula is C14H15N3OS. The van der Waals surface area contributed by atoms with E-state index in [1.165, 1.54) is 22.5 Å². The molecule has 19 heavy (non-hydrogen) atoms. The smallest absolute Gasteiger partial charge is 0.257 e. The van der Waals surface area contributed by atoms with Crippen molar-refractivity contribution >= 4 is 22.4 Å². The van der Waals surface area contributed by atoms with E-state index in [1.807, 2.05) is 32.0 Å². The van der Waals surface area contributed by atoms with Crippen molar-refractivity contribution in [2.75, 3.05) is 5.32 Å². The van der Waals surface area contributed by atoms with Crippen LogP contribution in [0, 0.1) is 13.8 Å². The molecule has 1 amide bonds. The van der Waals surface area contributed by atoms with Crippen molar-refractivity contribution in [3.8, 4) is 0 Å². The highest BCUT2D eigenvalue weighted by Crippen LogP contribution is 2.22. The highest BCUT2D eigenvalue weighted by molar-refractivity contribution is 7.15. The molecule has 1 aliphatic heterocycles. The standard InChI is InChI=1S/C14H15N3OS/c1-8-9(2)19-14(16-8)17-13(18)10-3-4-11-6-15-7-12(11)5-10/h3-5,15H,6-7H2,1-2H3,(H,16,17,18). The Morgan fingerprint density at radius 3 is 2.84 bits per heavy atom. The van der Waals surface area contributed by atoms with E-state index in [9.17, 15) is 4.79 Å². The number of nitrogens with zero attached hydrogens (tertiary/aromatic N) is 1. The van der Waals surface area contributed by atoms with Crippen LogP contribution in [0.4, 0.5) is 5.13 Å². The first-order valence-corrected chi connectivity index (χ1v) is 7.03. The Morgan fingerprint density at radius 1 is 1.32 bits per heavy atom. The molecule has 3 rings (SSSR count). The van der Waals surface area contributed by atoms with Gasteiger partial charge in [-0.05, 0) is 37.1 Å². The second-order valence-electron chi connectivity index (χ2n) is 4.70. The maximum absolute atomic E-state index is 12.2. The minimum absolute atomic E-state index is 0.0940. The summed E-state index contributed by atoms with van der Waals surface area (Å²) in [7, 11) is 0. The van der Waals surface area contributed by atoms with Crippen LogP contribution < -0.4 is 10.6 Å². The molecule has 2 heterocycles. The molecule has 0 bridgehead atoms. The number of rotatable bonds is 2. The van der Waals surface area contributed by atoms with Crippen molar-refractivity contribution in [1.82, 2.24) is 10.3 Å². The Labute approximate surface area is 115 Å². The van der Waals surface area contributed by atoms with Crippen LogP contribution in [0.2, 0.25) is 0 Å². The van der Waals surface area contributed by atoms with Crippen LogP contribution in [0.3, 0.4) is 0 Å². The Kier molecular flexibility index (Phi) is 3.08. The largest absolute Gasteiger partial charge is 0.309 e. The molecule has 1 aromatic carbocycles. The summed E-state index contributed by atoms with van der Waals surface area (Å²) < 4.78 is 0. The molecule has 0 radical (unpaired) electrons. The van der Waals surface area contributed by atoms with Gasteiger partial charge in [-0.25, -0.2) is 4.98 Å². The van der Waals surface area contributed by atoms with E-state index in [0.29, 0.717) is 10.7 Å². The number of hydrogen-bond donors (Lipinski definition) is 2. The van der Waals surface area contributed by atoms with Crippen LogP contribution in [0.5, 0.6) is 0 Å². The van der Waals surface area contributed by atoms with Crippen LogP contribution in [0.1, 0.15) is 32.1 Å². The molecule has 0 aliphatic carbocycles. The third-order valence-corrected chi connectivity index (χ3v) is 4.34. The number of carbonyl (C=O) groups excluding carboxylic acids is 1. The lowest BCUT2D eigenvalue weighted by Crippen LogP contribution is -2.12. The predicted octanol–water partition coefficient (Wildman–Crippen LogP) is 2.62. The van der Waals surface area contributed by atoms with Gasteiger partial charge in [0.05, 0.1) is 5.69 Å². The van der Waals surface area contributed by atoms with Gasteiger partial charge in [-0.2, -0.15) is 0 Å². The maximum atomic E-state index is 12.2. The second-order valence-corrected chi connectivity index (χ2v) is 5.90. The number of benzene rings is 1. The first-order valence-electron chi connectivity index (χ1n) is 6.21. The van der Waals surface area contributed by atoms with Gasteiger partial charge in [-0.15, -0.1) is 11.3 Å². The van der Waals surface area contributed by atoms with Crippen molar-refractivity contribution in [2.45, 2.75) is 26.9 Å². The summed E-state index contributed by atoms with van der Waals surface area (Å²) in [5.74, 6) is -0.0940. The molecule has 1 aliphatic rings. The lowest BCUT2D eigenvalue weighted by Gasteiger charge is -2.04. The van der Waals surface area contributed by atoms with Gasteiger partial charge in [0.25, 0.3) is 5.91 Å². The number of carbonyl (C=O) groups is 1. The van der Waals surface area contributed by atoms with Gasteiger partial charge in [0, 0.05) is 23.5 Å². The summed E-state index contributed by atoms with van der Waals surface area (Å²) in [6.45, 7) is 5.68. The molecule has 5 heteroatoms. The zero-order valence-corrected chi connectivity index (χ0v) is 11.7. The molecule has 98 valence electrons. The topological polar surface area (TPSA) is 54.0 Å². The highest BCUT2D eigenvalue weighted by atomic mass is 32.1. The monoisotopic (exact) mass is 273 g/mol. The summed E-state index contributed by atoms with van der Waals surface area (Å²) in [5.41, 5.74) is 4.14. The van der Waals surface area contributed by atoms with Gasteiger partial charge in [0.2, 0.25) is 0 Å². The first-order chi connectivity index (χ1) is 9.13. The Balaban J connectivity index is 1.80. The number of aromatic nitrogens is 1. The van der Waals surface area contributed by atoms with Crippen LogP contribution in [0.15, 0.2) is 18.2 Å². The lowest BCUT2D eigenvalue weighted by atomic mass is 10.1. The Hall–Kier alpha value is -1.72. The van der Waals surface area contributed by atoms with E-state index in [-0.39, 0.29) is 5.91 Å². The molecule has 0 atom stereocenters. The van der Waals surface area contributed by atoms with Crippen molar-refractivity contribution < 1.29 is 4.79 Å². The average molecular weight is 273 g/mol. The second kappa shape index (κ2) is 4.75. The SMILES string of the molecule is Cc1nc(NC(=O)c2ccc3c(c2)CNC3)sc1C. The lowest BCUT2D eigenvalue weighted by molar-refractivity contribution is 0.102. The zero-order chi connectivity index (χ0) is 13.4. The zero-order valence-electron chi connectivity index (χ0n) is 10.9. The van der Waals surface area contributed by atoms with E-state index in [1.54, 1.807) is 0 Å². The van der Waals surface area contributed by atoms with E-state index in [2.05, 4.69) is 15.6 Å². The molecule has 4 nitrogen and oxygen atoms in total. The normalized spacial score (nSPS) is 13.4. The minimum atomic E-state index is -0.0940. The highest BCUT2D eigenvalue weighted by Gasteiger charge is 2.14. The quantitative estimate of drug-likeness (QED) is 0.884. The third-order valence-electron chi connectivity index (χ3n) is 3.35. The molecule has 0 saturated carbocycles. The number of hydrogen-bond acceptors (Lipinski definition) is 4. The van der Waals surface area contributed by atoms with Gasteiger partial charge in [-0.1, -0.05) is 6.07 Å². The number of thiazole rings is 1.